The highest BCUT2D eigenvalue weighted by Gasteiger charge is 2.23. The van der Waals surface area contributed by atoms with Gasteiger partial charge in [-0.25, -0.2) is 0 Å². The monoisotopic (exact) mass is 419 g/mol. The molecule has 0 fully saturated rings. The summed E-state index contributed by atoms with van der Waals surface area (Å²) in [6.07, 6.45) is 6.38. The zero-order chi connectivity index (χ0) is 22.3. The quantitative estimate of drug-likeness (QED) is 0.356. The van der Waals surface area contributed by atoms with Crippen LogP contribution in [0.25, 0.3) is 33.1 Å². The van der Waals surface area contributed by atoms with Gasteiger partial charge in [-0.1, -0.05) is 44.0 Å². The molecule has 0 unspecified atom stereocenters. The predicted octanol–water partition coefficient (Wildman–Crippen LogP) is 6.83. The van der Waals surface area contributed by atoms with E-state index >= 15 is 0 Å². The van der Waals surface area contributed by atoms with Crippen LogP contribution in [0.5, 0.6) is 0 Å². The molecule has 1 aromatic carbocycles. The highest BCUT2D eigenvalue weighted by Crippen LogP contribution is 2.38. The molecule has 3 heterocycles. The Labute approximate surface area is 184 Å². The van der Waals surface area contributed by atoms with Crippen LogP contribution in [0.1, 0.15) is 76.4 Å². The van der Waals surface area contributed by atoms with E-state index in [9.17, 15) is 5.11 Å². The third-order valence-corrected chi connectivity index (χ3v) is 6.28. The summed E-state index contributed by atoms with van der Waals surface area (Å²) in [5.74, 6) is 0.810. The van der Waals surface area contributed by atoms with E-state index in [1.54, 1.807) is 0 Å². The summed E-state index contributed by atoms with van der Waals surface area (Å²) in [5.41, 5.74) is 6.23. The van der Waals surface area contributed by atoms with E-state index in [0.717, 1.165) is 75.8 Å². The Kier molecular flexibility index (Phi) is 5.65. The van der Waals surface area contributed by atoms with Gasteiger partial charge in [-0.2, -0.15) is 0 Å². The van der Waals surface area contributed by atoms with Gasteiger partial charge in [0.1, 0.15) is 5.76 Å². The maximum atomic E-state index is 10.6. The van der Waals surface area contributed by atoms with Crippen molar-refractivity contribution in [2.45, 2.75) is 78.9 Å². The SMILES string of the molecule is CCCC(CCC)n1c2cc(C(C)(C)O)ccc2c2ncc(-c3c(C)noc3C)cc21. The summed E-state index contributed by atoms with van der Waals surface area (Å²) >= 11 is 0. The molecule has 0 amide bonds. The molecule has 1 N–H and O–H groups in total. The molecule has 0 aliphatic heterocycles. The molecule has 0 saturated carbocycles. The number of pyridine rings is 1. The summed E-state index contributed by atoms with van der Waals surface area (Å²) in [4.78, 5) is 4.91. The first-order chi connectivity index (χ1) is 14.8. The second-order valence-electron chi connectivity index (χ2n) is 9.18. The number of aliphatic hydroxyl groups is 1. The van der Waals surface area contributed by atoms with Crippen LogP contribution >= 0.6 is 0 Å². The van der Waals surface area contributed by atoms with Crippen molar-refractivity contribution in [3.63, 3.8) is 0 Å². The van der Waals surface area contributed by atoms with Gasteiger partial charge in [0.05, 0.1) is 27.8 Å². The van der Waals surface area contributed by atoms with Gasteiger partial charge in [-0.15, -0.1) is 0 Å². The van der Waals surface area contributed by atoms with Crippen LogP contribution in [0, 0.1) is 13.8 Å². The van der Waals surface area contributed by atoms with Gasteiger partial charge < -0.3 is 14.2 Å². The van der Waals surface area contributed by atoms with Crippen molar-refractivity contribution in [3.05, 3.63) is 47.5 Å². The lowest BCUT2D eigenvalue weighted by Gasteiger charge is -2.22. The van der Waals surface area contributed by atoms with Crippen LogP contribution in [0.15, 0.2) is 35.0 Å². The zero-order valence-electron chi connectivity index (χ0n) is 19.5. The Hall–Kier alpha value is -2.66. The number of benzene rings is 1. The lowest BCUT2D eigenvalue weighted by molar-refractivity contribution is 0.0787. The van der Waals surface area contributed by atoms with Crippen LogP contribution in [0.4, 0.5) is 0 Å². The molecule has 0 radical (unpaired) electrons. The number of aryl methyl sites for hydroxylation is 2. The minimum absolute atomic E-state index is 0.383. The highest BCUT2D eigenvalue weighted by atomic mass is 16.5. The van der Waals surface area contributed by atoms with Crippen LogP contribution in [0.3, 0.4) is 0 Å². The van der Waals surface area contributed by atoms with Crippen molar-refractivity contribution >= 4 is 21.9 Å². The number of rotatable bonds is 7. The third-order valence-electron chi connectivity index (χ3n) is 6.28. The normalized spacial score (nSPS) is 12.5. The second-order valence-corrected chi connectivity index (χ2v) is 9.18. The van der Waals surface area contributed by atoms with Gasteiger partial charge in [0, 0.05) is 28.8 Å². The average Bonchev–Trinajstić information content (AvgIpc) is 3.22. The summed E-state index contributed by atoms with van der Waals surface area (Å²) in [6, 6.07) is 8.89. The van der Waals surface area contributed by atoms with E-state index in [1.807, 2.05) is 40.0 Å². The van der Waals surface area contributed by atoms with E-state index in [-0.39, 0.29) is 0 Å². The van der Waals surface area contributed by atoms with Crippen LogP contribution in [0.2, 0.25) is 0 Å². The summed E-state index contributed by atoms with van der Waals surface area (Å²) in [5, 5.41) is 15.9. The molecule has 164 valence electrons. The summed E-state index contributed by atoms with van der Waals surface area (Å²) in [6.45, 7) is 12.1. The Balaban J connectivity index is 2.06. The first-order valence-electron chi connectivity index (χ1n) is 11.4. The van der Waals surface area contributed by atoms with E-state index in [2.05, 4.69) is 41.8 Å². The van der Waals surface area contributed by atoms with Gasteiger partial charge >= 0.3 is 0 Å². The number of hydrogen-bond acceptors (Lipinski definition) is 4. The average molecular weight is 420 g/mol. The number of hydrogen-bond donors (Lipinski definition) is 1. The fraction of sp³-hybridized carbons (Fsp3) is 0.462. The lowest BCUT2D eigenvalue weighted by atomic mass is 9.97. The molecular formula is C26H33N3O2. The van der Waals surface area contributed by atoms with Crippen molar-refractivity contribution < 1.29 is 9.63 Å². The molecule has 3 aromatic heterocycles. The molecular weight excluding hydrogens is 386 g/mol. The van der Waals surface area contributed by atoms with Crippen LogP contribution < -0.4 is 0 Å². The van der Waals surface area contributed by atoms with Gasteiger partial charge in [-0.05, 0) is 58.2 Å². The minimum atomic E-state index is -0.893. The van der Waals surface area contributed by atoms with Crippen molar-refractivity contribution in [2.24, 2.45) is 0 Å². The fourth-order valence-electron chi connectivity index (χ4n) is 4.78. The molecule has 4 rings (SSSR count). The molecule has 0 atom stereocenters. The van der Waals surface area contributed by atoms with Crippen LogP contribution in [-0.2, 0) is 5.60 Å². The molecule has 5 heteroatoms. The highest BCUT2D eigenvalue weighted by molar-refractivity contribution is 6.07. The largest absolute Gasteiger partial charge is 0.386 e. The van der Waals surface area contributed by atoms with Gasteiger partial charge in [0.15, 0.2) is 0 Å². The molecule has 0 aliphatic rings. The smallest absolute Gasteiger partial charge is 0.141 e. The van der Waals surface area contributed by atoms with Gasteiger partial charge in [0.25, 0.3) is 0 Å². The van der Waals surface area contributed by atoms with Gasteiger partial charge in [0.2, 0.25) is 0 Å². The first kappa shape index (κ1) is 21.6. The maximum Gasteiger partial charge on any atom is 0.141 e. The third kappa shape index (κ3) is 3.76. The molecule has 5 nitrogen and oxygen atoms in total. The van der Waals surface area contributed by atoms with E-state index in [1.165, 1.54) is 0 Å². The molecule has 4 aromatic rings. The number of aromatic nitrogens is 3. The second kappa shape index (κ2) is 8.12. The summed E-state index contributed by atoms with van der Waals surface area (Å²) in [7, 11) is 0. The number of nitrogens with zero attached hydrogens (tertiary/aromatic N) is 3. The standard InChI is InChI=1S/C26H33N3O2/c1-7-9-20(10-8-2)29-22-14-19(26(5,6)30)11-12-21(22)25-23(29)13-18(15-27-25)24-16(3)28-31-17(24)4/h11-15,20,30H,7-10H2,1-6H3. The fourth-order valence-corrected chi connectivity index (χ4v) is 4.78. The van der Waals surface area contributed by atoms with Crippen molar-refractivity contribution in [1.29, 1.82) is 0 Å². The molecule has 31 heavy (non-hydrogen) atoms. The molecule has 0 spiro atoms. The van der Waals surface area contributed by atoms with Crippen molar-refractivity contribution in [3.8, 4) is 11.1 Å². The molecule has 0 saturated heterocycles. The Bertz CT molecular complexity index is 1200. The van der Waals surface area contributed by atoms with Crippen LogP contribution in [-0.4, -0.2) is 19.8 Å². The molecule has 0 bridgehead atoms. The lowest BCUT2D eigenvalue weighted by Crippen LogP contribution is -2.15. The summed E-state index contributed by atoms with van der Waals surface area (Å²) < 4.78 is 7.88. The Morgan fingerprint density at radius 3 is 2.35 bits per heavy atom. The van der Waals surface area contributed by atoms with Crippen molar-refractivity contribution in [2.75, 3.05) is 0 Å². The van der Waals surface area contributed by atoms with Crippen molar-refractivity contribution in [1.82, 2.24) is 14.7 Å². The number of fused-ring (bicyclic) bond motifs is 3. The van der Waals surface area contributed by atoms with E-state index < -0.39 is 5.60 Å². The Morgan fingerprint density at radius 1 is 1.06 bits per heavy atom. The predicted molar refractivity (Wildman–Crippen MR) is 126 cm³/mol. The zero-order valence-corrected chi connectivity index (χ0v) is 19.5. The minimum Gasteiger partial charge on any atom is -0.386 e. The van der Waals surface area contributed by atoms with E-state index in [4.69, 9.17) is 9.51 Å². The molecule has 0 aliphatic carbocycles. The first-order valence-corrected chi connectivity index (χ1v) is 11.4. The maximum absolute atomic E-state index is 10.6. The topological polar surface area (TPSA) is 64.1 Å². The van der Waals surface area contributed by atoms with Gasteiger partial charge in [-0.3, -0.25) is 4.98 Å². The van der Waals surface area contributed by atoms with E-state index in [0.29, 0.717) is 6.04 Å². The Morgan fingerprint density at radius 2 is 1.77 bits per heavy atom.